The van der Waals surface area contributed by atoms with Crippen LogP contribution in [-0.4, -0.2) is 42.0 Å². The van der Waals surface area contributed by atoms with Gasteiger partial charge in [-0.25, -0.2) is 28.4 Å². The Morgan fingerprint density at radius 2 is 2.03 bits per heavy atom. The molecule has 3 aromatic heterocycles. The van der Waals surface area contributed by atoms with Crippen molar-refractivity contribution in [1.29, 1.82) is 0 Å². The molecule has 0 saturated heterocycles. The summed E-state index contributed by atoms with van der Waals surface area (Å²) in [6.45, 7) is 1.91. The van der Waals surface area contributed by atoms with E-state index in [0.717, 1.165) is 6.20 Å². The summed E-state index contributed by atoms with van der Waals surface area (Å²) in [5.74, 6) is -0.437. The first-order chi connectivity index (χ1) is 16.3. The van der Waals surface area contributed by atoms with Gasteiger partial charge in [0, 0.05) is 23.0 Å². The first-order valence-electron chi connectivity index (χ1n) is 10.8. The van der Waals surface area contributed by atoms with Crippen LogP contribution in [0.1, 0.15) is 30.9 Å². The normalized spacial score (nSPS) is 21.2. The molecule has 0 radical (unpaired) electrons. The number of hydrogen-bond acceptors (Lipinski definition) is 7. The molecular weight excluding hydrogens is 444 g/mol. The van der Waals surface area contributed by atoms with Gasteiger partial charge in [-0.1, -0.05) is 25.1 Å². The number of aliphatic hydroxyl groups excluding tert-OH is 1. The SMILES string of the molecule is C[C@]12CCC(=O)Nc3nc(-c4nn(Cc5ccccc5F)c5ncc(F)cc45)nc(c31)NC2O. The molecular formula is C23H19F2N7O2. The van der Waals surface area contributed by atoms with Gasteiger partial charge in [-0.2, -0.15) is 5.10 Å². The molecule has 0 bridgehead atoms. The van der Waals surface area contributed by atoms with E-state index < -0.39 is 23.3 Å². The fourth-order valence-corrected chi connectivity index (χ4v) is 4.65. The lowest BCUT2D eigenvalue weighted by Gasteiger charge is -2.26. The number of aromatic nitrogens is 5. The third-order valence-electron chi connectivity index (χ3n) is 6.53. The van der Waals surface area contributed by atoms with Gasteiger partial charge in [0.25, 0.3) is 0 Å². The smallest absolute Gasteiger partial charge is 0.225 e. The van der Waals surface area contributed by atoms with Crippen molar-refractivity contribution in [2.45, 2.75) is 38.0 Å². The van der Waals surface area contributed by atoms with E-state index in [1.807, 2.05) is 6.92 Å². The Balaban J connectivity index is 1.54. The summed E-state index contributed by atoms with van der Waals surface area (Å²) in [4.78, 5) is 25.6. The molecule has 3 N–H and O–H groups in total. The number of aliphatic hydroxyl groups is 1. The number of nitrogens with one attached hydrogen (secondary N) is 2. The Kier molecular flexibility index (Phi) is 4.40. The van der Waals surface area contributed by atoms with E-state index in [0.29, 0.717) is 34.4 Å². The Bertz CT molecular complexity index is 1490. The van der Waals surface area contributed by atoms with Gasteiger partial charge in [0.05, 0.1) is 18.1 Å². The second-order valence-electron chi connectivity index (χ2n) is 8.75. The summed E-state index contributed by atoms with van der Waals surface area (Å²) in [5, 5.41) is 21.3. The summed E-state index contributed by atoms with van der Waals surface area (Å²) in [6.07, 6.45) is 0.751. The average Bonchev–Trinajstić information content (AvgIpc) is 3.23. The van der Waals surface area contributed by atoms with Crippen LogP contribution in [0.4, 0.5) is 20.4 Å². The summed E-state index contributed by atoms with van der Waals surface area (Å²) in [7, 11) is 0. The van der Waals surface area contributed by atoms with Crippen LogP contribution in [0.15, 0.2) is 36.5 Å². The number of carbonyl (C=O) groups is 1. The van der Waals surface area contributed by atoms with Gasteiger partial charge in [-0.3, -0.25) is 4.79 Å². The fourth-order valence-electron chi connectivity index (χ4n) is 4.65. The molecule has 2 aliphatic rings. The number of amides is 1. The molecule has 5 heterocycles. The highest BCUT2D eigenvalue weighted by molar-refractivity contribution is 5.95. The molecule has 9 nitrogen and oxygen atoms in total. The maximum absolute atomic E-state index is 14.3. The van der Waals surface area contributed by atoms with Gasteiger partial charge >= 0.3 is 0 Å². The number of rotatable bonds is 3. The standard InChI is InChI=1S/C23H19F2N7O2/c1-23-7-6-15(33)27-18-16(23)19(30-22(23)34)29-20(28-18)17-13-8-12(24)9-26-21(13)32(31-17)10-11-4-2-3-5-14(11)25/h2-5,8-9,22,34H,6-7,10H2,1H3,(H2,27,28,29,30,33)/t22?,23-/m0/s1. The predicted octanol–water partition coefficient (Wildman–Crippen LogP) is 2.95. The molecule has 4 aromatic rings. The van der Waals surface area contributed by atoms with Crippen LogP contribution in [0.25, 0.3) is 22.6 Å². The van der Waals surface area contributed by atoms with Gasteiger partial charge in [0.1, 0.15) is 35.2 Å². The average molecular weight is 463 g/mol. The predicted molar refractivity (Wildman–Crippen MR) is 119 cm³/mol. The molecule has 2 aliphatic heterocycles. The Morgan fingerprint density at radius 1 is 1.24 bits per heavy atom. The van der Waals surface area contributed by atoms with Crippen molar-refractivity contribution in [2.24, 2.45) is 0 Å². The van der Waals surface area contributed by atoms with Crippen molar-refractivity contribution >= 4 is 28.6 Å². The van der Waals surface area contributed by atoms with Crippen molar-refractivity contribution in [3.63, 3.8) is 0 Å². The quantitative estimate of drug-likeness (QED) is 0.428. The highest BCUT2D eigenvalue weighted by atomic mass is 19.1. The molecule has 34 heavy (non-hydrogen) atoms. The summed E-state index contributed by atoms with van der Waals surface area (Å²) < 4.78 is 29.9. The Morgan fingerprint density at radius 3 is 2.85 bits per heavy atom. The minimum atomic E-state index is -0.951. The zero-order valence-electron chi connectivity index (χ0n) is 18.0. The van der Waals surface area contributed by atoms with Crippen molar-refractivity contribution in [2.75, 3.05) is 10.6 Å². The molecule has 0 aliphatic carbocycles. The van der Waals surface area contributed by atoms with E-state index in [4.69, 9.17) is 0 Å². The van der Waals surface area contributed by atoms with Crippen LogP contribution in [0.2, 0.25) is 0 Å². The molecule has 11 heteroatoms. The van der Waals surface area contributed by atoms with Crippen LogP contribution in [0.5, 0.6) is 0 Å². The lowest BCUT2D eigenvalue weighted by Crippen LogP contribution is -2.35. The van der Waals surface area contributed by atoms with Crippen molar-refractivity contribution < 1.29 is 18.7 Å². The van der Waals surface area contributed by atoms with Crippen molar-refractivity contribution in [3.8, 4) is 11.5 Å². The van der Waals surface area contributed by atoms with Gasteiger partial charge in [0.2, 0.25) is 5.91 Å². The number of anilines is 2. The van der Waals surface area contributed by atoms with Gasteiger partial charge in [-0.15, -0.1) is 0 Å². The van der Waals surface area contributed by atoms with E-state index in [-0.39, 0.29) is 36.2 Å². The molecule has 6 rings (SSSR count). The maximum Gasteiger partial charge on any atom is 0.225 e. The Hall–Kier alpha value is -3.99. The molecule has 1 amide bonds. The third-order valence-corrected chi connectivity index (χ3v) is 6.53. The monoisotopic (exact) mass is 463 g/mol. The minimum Gasteiger partial charge on any atom is -0.373 e. The van der Waals surface area contributed by atoms with Gasteiger partial charge in [0.15, 0.2) is 11.5 Å². The first kappa shape index (κ1) is 20.6. The van der Waals surface area contributed by atoms with Crippen LogP contribution < -0.4 is 10.6 Å². The van der Waals surface area contributed by atoms with Crippen molar-refractivity contribution in [3.05, 3.63) is 59.3 Å². The second-order valence-corrected chi connectivity index (χ2v) is 8.75. The lowest BCUT2D eigenvalue weighted by atomic mass is 9.80. The highest BCUT2D eigenvalue weighted by Gasteiger charge is 2.48. The molecule has 2 atom stereocenters. The maximum atomic E-state index is 14.3. The zero-order chi connectivity index (χ0) is 23.6. The molecule has 0 fully saturated rings. The topological polar surface area (TPSA) is 118 Å². The molecule has 0 spiro atoms. The van der Waals surface area contributed by atoms with Crippen LogP contribution in [0, 0.1) is 11.6 Å². The van der Waals surface area contributed by atoms with E-state index in [2.05, 4.69) is 30.7 Å². The third kappa shape index (κ3) is 3.04. The lowest BCUT2D eigenvalue weighted by molar-refractivity contribution is -0.116. The minimum absolute atomic E-state index is 0.0609. The number of halogens is 2. The van der Waals surface area contributed by atoms with Crippen LogP contribution in [0.3, 0.4) is 0 Å². The number of benzene rings is 1. The summed E-state index contributed by atoms with van der Waals surface area (Å²) in [5.41, 5.74) is 0.813. The van der Waals surface area contributed by atoms with Crippen LogP contribution >= 0.6 is 0 Å². The fraction of sp³-hybridized carbons (Fsp3) is 0.261. The highest BCUT2D eigenvalue weighted by Crippen LogP contribution is 2.48. The molecule has 172 valence electrons. The summed E-state index contributed by atoms with van der Waals surface area (Å²) >= 11 is 0. The van der Waals surface area contributed by atoms with E-state index >= 15 is 0 Å². The van der Waals surface area contributed by atoms with Gasteiger partial charge in [-0.05, 0) is 18.6 Å². The number of carbonyl (C=O) groups excluding carboxylic acids is 1. The summed E-state index contributed by atoms with van der Waals surface area (Å²) in [6, 6.07) is 7.55. The Labute approximate surface area is 191 Å². The van der Waals surface area contributed by atoms with E-state index in [1.165, 1.54) is 16.8 Å². The van der Waals surface area contributed by atoms with E-state index in [9.17, 15) is 18.7 Å². The second kappa shape index (κ2) is 7.26. The van der Waals surface area contributed by atoms with Crippen LogP contribution in [-0.2, 0) is 16.8 Å². The van der Waals surface area contributed by atoms with Crippen molar-refractivity contribution in [1.82, 2.24) is 24.7 Å². The van der Waals surface area contributed by atoms with E-state index in [1.54, 1.807) is 18.2 Å². The number of pyridine rings is 1. The zero-order valence-corrected chi connectivity index (χ0v) is 18.0. The molecule has 1 unspecified atom stereocenters. The number of fused-ring (bicyclic) bond motifs is 1. The first-order valence-corrected chi connectivity index (χ1v) is 10.8. The largest absolute Gasteiger partial charge is 0.373 e. The molecule has 0 saturated carbocycles. The number of nitrogens with zero attached hydrogens (tertiary/aromatic N) is 5. The molecule has 1 aromatic carbocycles. The van der Waals surface area contributed by atoms with Gasteiger partial charge < -0.3 is 15.7 Å². The number of hydrogen-bond donors (Lipinski definition) is 3.